The van der Waals surface area contributed by atoms with Crippen molar-refractivity contribution in [1.29, 1.82) is 0 Å². The number of fused-ring (bicyclic) bond motifs is 1. The van der Waals surface area contributed by atoms with E-state index >= 15 is 0 Å². The molecular weight excluding hydrogens is 488 g/mol. The van der Waals surface area contributed by atoms with E-state index < -0.39 is 0 Å². The number of hydrogen-bond acceptors (Lipinski definition) is 8. The van der Waals surface area contributed by atoms with Crippen molar-refractivity contribution in [3.8, 4) is 12.3 Å². The number of nitrogens with one attached hydrogen (secondary N) is 3. The first-order valence-electron chi connectivity index (χ1n) is 13.6. The molecule has 39 heavy (non-hydrogen) atoms. The molecule has 9 nitrogen and oxygen atoms in total. The topological polar surface area (TPSA) is 98.3 Å². The van der Waals surface area contributed by atoms with Crippen LogP contribution in [-0.2, 0) is 6.42 Å². The van der Waals surface area contributed by atoms with Crippen molar-refractivity contribution in [2.75, 3.05) is 55.3 Å². The van der Waals surface area contributed by atoms with Crippen molar-refractivity contribution in [3.63, 3.8) is 0 Å². The van der Waals surface area contributed by atoms with Crippen molar-refractivity contribution in [2.24, 2.45) is 0 Å². The van der Waals surface area contributed by atoms with Gasteiger partial charge in [0.15, 0.2) is 0 Å². The number of pyridine rings is 1. The fourth-order valence-corrected chi connectivity index (χ4v) is 5.32. The molecule has 2 aliphatic rings. The molecule has 1 aliphatic heterocycles. The first-order chi connectivity index (χ1) is 18.9. The first-order valence-corrected chi connectivity index (χ1v) is 13.6. The smallest absolute Gasteiger partial charge is 0.257 e. The van der Waals surface area contributed by atoms with Crippen LogP contribution in [0.3, 0.4) is 0 Å². The zero-order valence-electron chi connectivity index (χ0n) is 22.9. The Hall–Kier alpha value is -4.16. The third-order valence-electron chi connectivity index (χ3n) is 7.58. The standard InChI is InChI=1S/C30H36N8O/c1-5-13-31-29(39)24-19-32-30(33-23-10-11-25(20(3)18-23)38-16-14-37(4)15-17-38)36-28(24)35-26-12-9-22-8-7-21(6-2)27(22)34-26/h1,9-12,18-19,21H,6-8,13-17H2,2-4H3,(H,31,39)(H2,32,33,34,35,36). The van der Waals surface area contributed by atoms with E-state index in [1.807, 2.05) is 12.1 Å². The summed E-state index contributed by atoms with van der Waals surface area (Å²) in [6, 6.07) is 10.3. The second-order valence-electron chi connectivity index (χ2n) is 10.3. The second-order valence-corrected chi connectivity index (χ2v) is 10.3. The number of nitrogens with zero attached hydrogens (tertiary/aromatic N) is 5. The van der Waals surface area contributed by atoms with E-state index in [2.05, 4.69) is 80.7 Å². The molecule has 3 heterocycles. The summed E-state index contributed by atoms with van der Waals surface area (Å²) in [6.45, 7) is 8.58. The normalized spacial score (nSPS) is 16.9. The van der Waals surface area contributed by atoms with Gasteiger partial charge >= 0.3 is 0 Å². The number of amides is 1. The molecule has 0 bridgehead atoms. The molecule has 5 rings (SSSR count). The summed E-state index contributed by atoms with van der Waals surface area (Å²) in [5.41, 5.74) is 6.02. The maximum Gasteiger partial charge on any atom is 0.257 e. The minimum Gasteiger partial charge on any atom is -0.369 e. The number of anilines is 5. The second kappa shape index (κ2) is 11.7. The van der Waals surface area contributed by atoms with Crippen LogP contribution in [0.2, 0.25) is 0 Å². The molecule has 3 N–H and O–H groups in total. The number of hydrogen-bond donors (Lipinski definition) is 3. The Morgan fingerprint density at radius 1 is 1.13 bits per heavy atom. The summed E-state index contributed by atoms with van der Waals surface area (Å²) in [6.07, 6.45) is 10.1. The summed E-state index contributed by atoms with van der Waals surface area (Å²) in [7, 11) is 2.16. The van der Waals surface area contributed by atoms with Gasteiger partial charge in [-0.05, 0) is 68.6 Å². The molecule has 1 fully saturated rings. The summed E-state index contributed by atoms with van der Waals surface area (Å²) < 4.78 is 0. The fourth-order valence-electron chi connectivity index (χ4n) is 5.32. The predicted octanol–water partition coefficient (Wildman–Crippen LogP) is 4.22. The fraction of sp³-hybridized carbons (Fsp3) is 0.400. The minimum atomic E-state index is -0.345. The number of piperazine rings is 1. The van der Waals surface area contributed by atoms with Gasteiger partial charge in [0.1, 0.15) is 17.2 Å². The minimum absolute atomic E-state index is 0.118. The maximum atomic E-state index is 12.8. The van der Waals surface area contributed by atoms with Gasteiger partial charge in [-0.3, -0.25) is 4.79 Å². The summed E-state index contributed by atoms with van der Waals surface area (Å²) in [4.78, 5) is 31.6. The molecule has 202 valence electrons. The summed E-state index contributed by atoms with van der Waals surface area (Å²) >= 11 is 0. The molecule has 0 spiro atoms. The number of carbonyl (C=O) groups excluding carboxylic acids is 1. The molecule has 3 aromatic rings. The first kappa shape index (κ1) is 26.4. The Labute approximate surface area is 230 Å². The van der Waals surface area contributed by atoms with E-state index in [0.717, 1.165) is 56.8 Å². The number of benzene rings is 1. The Bertz CT molecular complexity index is 1390. The molecule has 1 saturated heterocycles. The van der Waals surface area contributed by atoms with Gasteiger partial charge in [-0.15, -0.1) is 6.42 Å². The van der Waals surface area contributed by atoms with Crippen molar-refractivity contribution in [1.82, 2.24) is 25.2 Å². The molecular formula is C30H36N8O. The lowest BCUT2D eigenvalue weighted by Gasteiger charge is -2.35. The van der Waals surface area contributed by atoms with Crippen LogP contribution in [0.4, 0.5) is 29.0 Å². The lowest BCUT2D eigenvalue weighted by Crippen LogP contribution is -2.44. The number of aryl methyl sites for hydroxylation is 2. The average Bonchev–Trinajstić information content (AvgIpc) is 3.35. The highest BCUT2D eigenvalue weighted by Gasteiger charge is 2.23. The Morgan fingerprint density at radius 2 is 1.95 bits per heavy atom. The number of rotatable bonds is 8. The molecule has 1 aliphatic carbocycles. The van der Waals surface area contributed by atoms with E-state index in [1.165, 1.54) is 23.0 Å². The number of likely N-dealkylation sites (N-methyl/N-ethyl adjacent to an activating group) is 1. The van der Waals surface area contributed by atoms with Gasteiger partial charge in [0.25, 0.3) is 5.91 Å². The SMILES string of the molecule is C#CCNC(=O)c1cnc(Nc2ccc(N3CCN(C)CC3)c(C)c2)nc1Nc1ccc2c(n1)C(CC)CC2. The van der Waals surface area contributed by atoms with Crippen molar-refractivity contribution in [2.45, 2.75) is 39.0 Å². The Morgan fingerprint density at radius 3 is 2.69 bits per heavy atom. The third kappa shape index (κ3) is 5.96. The lowest BCUT2D eigenvalue weighted by atomic mass is 10.0. The van der Waals surface area contributed by atoms with E-state index in [-0.39, 0.29) is 12.5 Å². The molecule has 1 atom stereocenters. The molecule has 1 amide bonds. The highest BCUT2D eigenvalue weighted by atomic mass is 16.1. The molecule has 1 unspecified atom stereocenters. The largest absolute Gasteiger partial charge is 0.369 e. The molecule has 9 heteroatoms. The van der Waals surface area contributed by atoms with Crippen LogP contribution in [-0.4, -0.2) is 65.5 Å². The van der Waals surface area contributed by atoms with Crippen molar-refractivity contribution in [3.05, 3.63) is 58.9 Å². The van der Waals surface area contributed by atoms with Crippen LogP contribution in [0.15, 0.2) is 36.5 Å². The molecule has 0 radical (unpaired) electrons. The van der Waals surface area contributed by atoms with Crippen LogP contribution in [0.25, 0.3) is 0 Å². The van der Waals surface area contributed by atoms with Gasteiger partial charge < -0.3 is 25.8 Å². The zero-order valence-corrected chi connectivity index (χ0v) is 22.9. The van der Waals surface area contributed by atoms with E-state index in [4.69, 9.17) is 11.4 Å². The molecule has 0 saturated carbocycles. The van der Waals surface area contributed by atoms with Crippen molar-refractivity contribution >= 4 is 34.9 Å². The highest BCUT2D eigenvalue weighted by molar-refractivity contribution is 5.99. The zero-order chi connectivity index (χ0) is 27.4. The Kier molecular flexibility index (Phi) is 7.94. The van der Waals surface area contributed by atoms with Crippen molar-refractivity contribution < 1.29 is 4.79 Å². The van der Waals surface area contributed by atoms with E-state index in [0.29, 0.717) is 29.1 Å². The van der Waals surface area contributed by atoms with Crippen LogP contribution in [0, 0.1) is 19.3 Å². The van der Waals surface area contributed by atoms with Gasteiger partial charge in [0, 0.05) is 55.4 Å². The van der Waals surface area contributed by atoms with Gasteiger partial charge in [0.05, 0.1) is 6.54 Å². The monoisotopic (exact) mass is 524 g/mol. The molecule has 1 aromatic carbocycles. The van der Waals surface area contributed by atoms with Gasteiger partial charge in [0.2, 0.25) is 5.95 Å². The van der Waals surface area contributed by atoms with Crippen LogP contribution >= 0.6 is 0 Å². The van der Waals surface area contributed by atoms with Gasteiger partial charge in [-0.1, -0.05) is 18.9 Å². The quantitative estimate of drug-likeness (QED) is 0.377. The molecule has 2 aromatic heterocycles. The van der Waals surface area contributed by atoms with E-state index in [1.54, 1.807) is 0 Å². The van der Waals surface area contributed by atoms with Gasteiger partial charge in [-0.25, -0.2) is 9.97 Å². The number of aromatic nitrogens is 3. The third-order valence-corrected chi connectivity index (χ3v) is 7.58. The van der Waals surface area contributed by atoms with Crippen LogP contribution in [0.1, 0.15) is 52.9 Å². The summed E-state index contributed by atoms with van der Waals surface area (Å²) in [5.74, 6) is 3.94. The van der Waals surface area contributed by atoms with Gasteiger partial charge in [-0.2, -0.15) is 4.98 Å². The number of terminal acetylenes is 1. The maximum absolute atomic E-state index is 12.8. The lowest BCUT2D eigenvalue weighted by molar-refractivity contribution is 0.0959. The highest BCUT2D eigenvalue weighted by Crippen LogP contribution is 2.35. The average molecular weight is 525 g/mol. The van der Waals surface area contributed by atoms with Crippen LogP contribution in [0.5, 0.6) is 0 Å². The Balaban J connectivity index is 1.39. The number of carbonyl (C=O) groups is 1. The van der Waals surface area contributed by atoms with E-state index in [9.17, 15) is 4.79 Å². The van der Waals surface area contributed by atoms with Crippen LogP contribution < -0.4 is 20.9 Å². The summed E-state index contributed by atoms with van der Waals surface area (Å²) in [5, 5.41) is 9.28. The predicted molar refractivity (Wildman–Crippen MR) is 156 cm³/mol.